The molecule has 2 aromatic carbocycles. The summed E-state index contributed by atoms with van der Waals surface area (Å²) in [6.45, 7) is 2.99. The van der Waals surface area contributed by atoms with Gasteiger partial charge in [0.1, 0.15) is 11.5 Å². The summed E-state index contributed by atoms with van der Waals surface area (Å²) in [6.07, 6.45) is 2.28. The van der Waals surface area contributed by atoms with E-state index in [2.05, 4.69) is 10.6 Å². The van der Waals surface area contributed by atoms with Crippen LogP contribution < -0.4 is 25.0 Å². The molecule has 1 aliphatic heterocycles. The second kappa shape index (κ2) is 10.3. The Hall–Kier alpha value is -3.55. The number of ether oxygens (including phenoxy) is 2. The number of rotatable bonds is 8. The Bertz CT molecular complexity index is 898. The molecule has 2 aromatic rings. The molecule has 0 aliphatic carbocycles. The molecule has 3 amide bonds. The lowest BCUT2D eigenvalue weighted by atomic mass is 10.3. The van der Waals surface area contributed by atoms with Crippen LogP contribution in [0.25, 0.3) is 0 Å². The van der Waals surface area contributed by atoms with E-state index in [4.69, 9.17) is 9.47 Å². The minimum atomic E-state index is -0.568. The summed E-state index contributed by atoms with van der Waals surface area (Å²) in [5.41, 5.74) is 1.33. The number of hydrogen-bond acceptors (Lipinski definition) is 5. The third-order valence-electron chi connectivity index (χ3n) is 4.44. The molecule has 0 unspecified atom stereocenters. The van der Waals surface area contributed by atoms with E-state index in [9.17, 15) is 14.4 Å². The van der Waals surface area contributed by atoms with Crippen LogP contribution in [0.1, 0.15) is 26.2 Å². The Morgan fingerprint density at radius 3 is 2.60 bits per heavy atom. The number of urea groups is 1. The van der Waals surface area contributed by atoms with E-state index in [-0.39, 0.29) is 18.5 Å². The second-order valence-corrected chi connectivity index (χ2v) is 6.81. The highest BCUT2D eigenvalue weighted by molar-refractivity contribution is 5.95. The minimum Gasteiger partial charge on any atom is -0.482 e. The van der Waals surface area contributed by atoms with Crippen molar-refractivity contribution in [3.05, 3.63) is 48.5 Å². The monoisotopic (exact) mass is 411 g/mol. The Balaban J connectivity index is 1.48. The van der Waals surface area contributed by atoms with Gasteiger partial charge in [-0.3, -0.25) is 4.79 Å². The van der Waals surface area contributed by atoms with Crippen molar-refractivity contribution in [1.29, 1.82) is 0 Å². The van der Waals surface area contributed by atoms with Crippen molar-refractivity contribution in [3.63, 3.8) is 0 Å². The topological polar surface area (TPSA) is 97.0 Å². The molecule has 1 heterocycles. The van der Waals surface area contributed by atoms with Gasteiger partial charge in [-0.05, 0) is 49.2 Å². The number of benzene rings is 2. The normalized spacial score (nSPS) is 13.1. The summed E-state index contributed by atoms with van der Waals surface area (Å²) in [5, 5.41) is 5.38. The predicted octanol–water partition coefficient (Wildman–Crippen LogP) is 3.33. The predicted molar refractivity (Wildman–Crippen MR) is 113 cm³/mol. The summed E-state index contributed by atoms with van der Waals surface area (Å²) in [7, 11) is 0. The van der Waals surface area contributed by atoms with Crippen molar-refractivity contribution in [1.82, 2.24) is 5.32 Å². The molecule has 0 aromatic heterocycles. The Labute approximate surface area is 175 Å². The first-order valence-corrected chi connectivity index (χ1v) is 9.94. The van der Waals surface area contributed by atoms with Crippen LogP contribution in [0.5, 0.6) is 11.5 Å². The molecule has 2 N–H and O–H groups in total. The smallest absolute Gasteiger partial charge is 0.349 e. The number of esters is 1. The van der Waals surface area contributed by atoms with Crippen LogP contribution >= 0.6 is 0 Å². The Morgan fingerprint density at radius 1 is 1.10 bits per heavy atom. The van der Waals surface area contributed by atoms with Crippen LogP contribution in [0.2, 0.25) is 0 Å². The fourth-order valence-electron chi connectivity index (χ4n) is 3.00. The van der Waals surface area contributed by atoms with Gasteiger partial charge in [0.2, 0.25) is 5.91 Å². The summed E-state index contributed by atoms with van der Waals surface area (Å²) < 4.78 is 10.7. The summed E-state index contributed by atoms with van der Waals surface area (Å²) in [6, 6.07) is 13.3. The minimum absolute atomic E-state index is 0.117. The van der Waals surface area contributed by atoms with Gasteiger partial charge in [-0.25, -0.2) is 9.59 Å². The maximum atomic E-state index is 12.1. The summed E-state index contributed by atoms with van der Waals surface area (Å²) in [4.78, 5) is 37.3. The van der Waals surface area contributed by atoms with Crippen molar-refractivity contribution in [2.45, 2.75) is 26.2 Å². The molecule has 0 radical (unpaired) electrons. The molecule has 0 atom stereocenters. The number of nitrogens with one attached hydrogen (secondary N) is 2. The highest BCUT2D eigenvalue weighted by Gasteiger charge is 2.21. The quantitative estimate of drug-likeness (QED) is 0.513. The molecular formula is C22H25N3O5. The molecule has 3 rings (SSSR count). The number of anilines is 2. The summed E-state index contributed by atoms with van der Waals surface area (Å²) >= 11 is 0. The first-order chi connectivity index (χ1) is 14.5. The summed E-state index contributed by atoms with van der Waals surface area (Å²) in [5.74, 6) is 0.360. The Morgan fingerprint density at radius 2 is 1.90 bits per heavy atom. The highest BCUT2D eigenvalue weighted by Crippen LogP contribution is 2.24. The van der Waals surface area contributed by atoms with Crippen LogP contribution in [0.3, 0.4) is 0 Å². The third-order valence-corrected chi connectivity index (χ3v) is 4.44. The maximum Gasteiger partial charge on any atom is 0.349 e. The average molecular weight is 411 g/mol. The third kappa shape index (κ3) is 5.97. The largest absolute Gasteiger partial charge is 0.482 e. The molecule has 1 fully saturated rings. The van der Waals surface area contributed by atoms with Gasteiger partial charge in [0, 0.05) is 37.0 Å². The van der Waals surface area contributed by atoms with Crippen LogP contribution in [0, 0.1) is 0 Å². The SMILES string of the molecule is CCCNC(=O)Nc1cccc(OC(=O)COc2ccc(N3CCCC3=O)cc2)c1. The molecule has 1 aliphatic rings. The van der Waals surface area contributed by atoms with E-state index in [1.54, 1.807) is 53.4 Å². The maximum absolute atomic E-state index is 12.1. The number of hydrogen-bond donors (Lipinski definition) is 2. The van der Waals surface area contributed by atoms with E-state index in [0.29, 0.717) is 30.2 Å². The van der Waals surface area contributed by atoms with Crippen molar-refractivity contribution in [2.24, 2.45) is 0 Å². The first-order valence-electron chi connectivity index (χ1n) is 9.94. The molecule has 0 spiro atoms. The van der Waals surface area contributed by atoms with Gasteiger partial charge in [-0.2, -0.15) is 0 Å². The Kier molecular flexibility index (Phi) is 7.26. The van der Waals surface area contributed by atoms with E-state index < -0.39 is 5.97 Å². The number of carbonyl (C=O) groups is 3. The van der Waals surface area contributed by atoms with Crippen LogP contribution in [0.15, 0.2) is 48.5 Å². The second-order valence-electron chi connectivity index (χ2n) is 6.81. The number of nitrogens with zero attached hydrogens (tertiary/aromatic N) is 1. The molecular weight excluding hydrogens is 386 g/mol. The molecule has 8 nitrogen and oxygen atoms in total. The molecule has 0 saturated carbocycles. The number of amides is 3. The van der Waals surface area contributed by atoms with Crippen molar-refractivity contribution in [2.75, 3.05) is 29.9 Å². The molecule has 158 valence electrons. The van der Waals surface area contributed by atoms with E-state index in [1.165, 1.54) is 0 Å². The van der Waals surface area contributed by atoms with Gasteiger partial charge in [0.05, 0.1) is 0 Å². The molecule has 8 heteroatoms. The van der Waals surface area contributed by atoms with Crippen molar-refractivity contribution >= 4 is 29.3 Å². The standard InChI is InChI=1S/C22H25N3O5/c1-2-12-23-22(28)24-16-5-3-6-19(14-16)30-21(27)15-29-18-10-8-17(9-11-18)25-13-4-7-20(25)26/h3,5-6,8-11,14H,2,4,7,12-13,15H2,1H3,(H2,23,24,28). The van der Waals surface area contributed by atoms with Crippen LogP contribution in [-0.2, 0) is 9.59 Å². The lowest BCUT2D eigenvalue weighted by Crippen LogP contribution is -2.29. The first kappa shape index (κ1) is 21.2. The lowest BCUT2D eigenvalue weighted by Gasteiger charge is -2.16. The van der Waals surface area contributed by atoms with E-state index in [0.717, 1.165) is 25.1 Å². The fraction of sp³-hybridized carbons (Fsp3) is 0.318. The van der Waals surface area contributed by atoms with Gasteiger partial charge in [-0.1, -0.05) is 13.0 Å². The lowest BCUT2D eigenvalue weighted by molar-refractivity contribution is -0.136. The molecule has 30 heavy (non-hydrogen) atoms. The zero-order valence-electron chi connectivity index (χ0n) is 16.8. The molecule has 1 saturated heterocycles. The highest BCUT2D eigenvalue weighted by atomic mass is 16.6. The van der Waals surface area contributed by atoms with E-state index >= 15 is 0 Å². The molecule has 0 bridgehead atoms. The van der Waals surface area contributed by atoms with Gasteiger partial charge in [-0.15, -0.1) is 0 Å². The average Bonchev–Trinajstić information content (AvgIpc) is 3.17. The van der Waals surface area contributed by atoms with E-state index in [1.807, 2.05) is 6.92 Å². The zero-order valence-corrected chi connectivity index (χ0v) is 16.8. The van der Waals surface area contributed by atoms with Crippen LogP contribution in [-0.4, -0.2) is 37.6 Å². The van der Waals surface area contributed by atoms with Gasteiger partial charge in [0.15, 0.2) is 6.61 Å². The van der Waals surface area contributed by atoms with Crippen molar-refractivity contribution < 1.29 is 23.9 Å². The van der Waals surface area contributed by atoms with Gasteiger partial charge >= 0.3 is 12.0 Å². The van der Waals surface area contributed by atoms with Gasteiger partial charge in [0.25, 0.3) is 0 Å². The zero-order chi connectivity index (χ0) is 21.3. The van der Waals surface area contributed by atoms with Crippen molar-refractivity contribution in [3.8, 4) is 11.5 Å². The van der Waals surface area contributed by atoms with Gasteiger partial charge < -0.3 is 25.0 Å². The number of carbonyl (C=O) groups excluding carboxylic acids is 3. The van der Waals surface area contributed by atoms with Crippen LogP contribution in [0.4, 0.5) is 16.2 Å². The fourth-order valence-corrected chi connectivity index (χ4v) is 3.00.